The molecule has 2 aromatic carbocycles. The second-order valence-corrected chi connectivity index (χ2v) is 7.02. The Morgan fingerprint density at radius 2 is 1.52 bits per heavy atom. The van der Waals surface area contributed by atoms with E-state index in [2.05, 4.69) is 10.4 Å². The predicted octanol–water partition coefficient (Wildman–Crippen LogP) is 2.11. The van der Waals surface area contributed by atoms with Gasteiger partial charge < -0.3 is 5.32 Å². The average molecular weight is 417 g/mol. The molecule has 2 heterocycles. The Balaban J connectivity index is 1.47. The molecule has 156 valence electrons. The number of aryl methyl sites for hydroxylation is 1. The highest BCUT2D eigenvalue weighted by Crippen LogP contribution is 2.19. The van der Waals surface area contributed by atoms with E-state index in [1.807, 2.05) is 30.3 Å². The molecule has 5 amide bonds. The van der Waals surface area contributed by atoms with Gasteiger partial charge in [0.25, 0.3) is 0 Å². The molecule has 1 aliphatic heterocycles. The van der Waals surface area contributed by atoms with E-state index in [-0.39, 0.29) is 6.54 Å². The van der Waals surface area contributed by atoms with Crippen LogP contribution in [0.15, 0.2) is 66.7 Å². The van der Waals surface area contributed by atoms with Gasteiger partial charge in [-0.15, -0.1) is 0 Å². The molecule has 0 saturated carbocycles. The Morgan fingerprint density at radius 3 is 2.19 bits per heavy atom. The number of nitrogens with zero attached hydrogens (tertiary/aromatic N) is 4. The van der Waals surface area contributed by atoms with Gasteiger partial charge in [-0.1, -0.05) is 48.5 Å². The number of carbonyl (C=O) groups is 4. The number of urea groups is 1. The van der Waals surface area contributed by atoms with Crippen LogP contribution in [0.25, 0.3) is 5.69 Å². The Labute approximate surface area is 177 Å². The first-order chi connectivity index (χ1) is 14.9. The van der Waals surface area contributed by atoms with Gasteiger partial charge in [0.2, 0.25) is 5.91 Å². The summed E-state index contributed by atoms with van der Waals surface area (Å²) in [5, 5.41) is 7.02. The fourth-order valence-corrected chi connectivity index (χ4v) is 3.28. The first-order valence-electron chi connectivity index (χ1n) is 9.57. The molecule has 0 radical (unpaired) electrons. The van der Waals surface area contributed by atoms with Crippen molar-refractivity contribution in [3.05, 3.63) is 78.0 Å². The van der Waals surface area contributed by atoms with Crippen molar-refractivity contribution in [2.45, 2.75) is 13.5 Å². The average Bonchev–Trinajstić information content (AvgIpc) is 3.23. The lowest BCUT2D eigenvalue weighted by Gasteiger charge is -2.15. The van der Waals surface area contributed by atoms with E-state index in [9.17, 15) is 19.2 Å². The normalized spacial score (nSPS) is 13.8. The van der Waals surface area contributed by atoms with Crippen molar-refractivity contribution in [1.82, 2.24) is 19.6 Å². The third kappa shape index (κ3) is 4.06. The van der Waals surface area contributed by atoms with E-state index in [1.54, 1.807) is 48.0 Å². The Morgan fingerprint density at radius 1 is 0.903 bits per heavy atom. The maximum absolute atomic E-state index is 12.6. The van der Waals surface area contributed by atoms with Crippen molar-refractivity contribution in [3.63, 3.8) is 0 Å². The molecule has 0 bridgehead atoms. The molecule has 9 heteroatoms. The number of anilines is 1. The smallest absolute Gasteiger partial charge is 0.309 e. The third-order valence-corrected chi connectivity index (χ3v) is 4.72. The van der Waals surface area contributed by atoms with E-state index in [0.717, 1.165) is 10.6 Å². The first kappa shape index (κ1) is 20.0. The van der Waals surface area contributed by atoms with Crippen molar-refractivity contribution in [3.8, 4) is 5.69 Å². The van der Waals surface area contributed by atoms with Gasteiger partial charge in [-0.3, -0.25) is 19.3 Å². The van der Waals surface area contributed by atoms with Gasteiger partial charge in [0.15, 0.2) is 0 Å². The third-order valence-electron chi connectivity index (χ3n) is 4.72. The molecule has 1 saturated heterocycles. The van der Waals surface area contributed by atoms with Crippen LogP contribution < -0.4 is 5.32 Å². The molecule has 3 aromatic rings. The highest BCUT2D eigenvalue weighted by atomic mass is 16.2. The molecule has 0 unspecified atom stereocenters. The second kappa shape index (κ2) is 8.23. The second-order valence-electron chi connectivity index (χ2n) is 7.02. The zero-order valence-electron chi connectivity index (χ0n) is 16.7. The summed E-state index contributed by atoms with van der Waals surface area (Å²) in [6.45, 7) is 1.17. The number of para-hydroxylation sites is 1. The predicted molar refractivity (Wildman–Crippen MR) is 111 cm³/mol. The van der Waals surface area contributed by atoms with E-state index in [1.165, 1.54) is 0 Å². The highest BCUT2D eigenvalue weighted by molar-refractivity contribution is 6.45. The van der Waals surface area contributed by atoms with Gasteiger partial charge >= 0.3 is 17.8 Å². The molecule has 31 heavy (non-hydrogen) atoms. The molecule has 0 atom stereocenters. The molecule has 1 N–H and O–H groups in total. The first-order valence-corrected chi connectivity index (χ1v) is 9.57. The molecule has 1 fully saturated rings. The molecule has 9 nitrogen and oxygen atoms in total. The van der Waals surface area contributed by atoms with Gasteiger partial charge in [0.1, 0.15) is 12.4 Å². The van der Waals surface area contributed by atoms with E-state index in [0.29, 0.717) is 22.0 Å². The van der Waals surface area contributed by atoms with Crippen molar-refractivity contribution < 1.29 is 19.2 Å². The van der Waals surface area contributed by atoms with Crippen LogP contribution in [0, 0.1) is 6.92 Å². The van der Waals surface area contributed by atoms with Crippen LogP contribution in [0.5, 0.6) is 0 Å². The molecule has 4 rings (SSSR count). The molecule has 0 spiro atoms. The lowest BCUT2D eigenvalue weighted by Crippen LogP contribution is -2.39. The summed E-state index contributed by atoms with van der Waals surface area (Å²) in [4.78, 5) is 51.3. The number of hydrogen-bond acceptors (Lipinski definition) is 5. The number of rotatable bonds is 6. The Kier molecular flexibility index (Phi) is 5.31. The monoisotopic (exact) mass is 417 g/mol. The summed E-state index contributed by atoms with van der Waals surface area (Å²) < 4.78 is 1.55. The van der Waals surface area contributed by atoms with Crippen molar-refractivity contribution >= 4 is 29.6 Å². The van der Waals surface area contributed by atoms with Crippen LogP contribution in [-0.4, -0.2) is 49.9 Å². The van der Waals surface area contributed by atoms with E-state index in [4.69, 9.17) is 0 Å². The standard InChI is InChI=1S/C22H19N5O4/c1-15-12-18(27(24-15)17-10-6-3-7-11-17)23-19(28)14-26-21(30)20(29)25(22(26)31)13-16-8-4-2-5-9-16/h2-12H,13-14H2,1H3,(H,23,28). The maximum atomic E-state index is 12.6. The fraction of sp³-hybridized carbons (Fsp3) is 0.136. The summed E-state index contributed by atoms with van der Waals surface area (Å²) in [5.41, 5.74) is 2.12. The molecule has 1 aliphatic rings. The topological polar surface area (TPSA) is 105 Å². The summed E-state index contributed by atoms with van der Waals surface area (Å²) >= 11 is 0. The molecular weight excluding hydrogens is 398 g/mol. The summed E-state index contributed by atoms with van der Waals surface area (Å²) in [6, 6.07) is 18.9. The minimum atomic E-state index is -1.02. The molecule has 0 aliphatic carbocycles. The number of nitrogens with one attached hydrogen (secondary N) is 1. The van der Waals surface area contributed by atoms with E-state index < -0.39 is 30.3 Å². The van der Waals surface area contributed by atoms with Gasteiger partial charge in [0, 0.05) is 6.07 Å². The van der Waals surface area contributed by atoms with Gasteiger partial charge in [-0.25, -0.2) is 14.4 Å². The van der Waals surface area contributed by atoms with Crippen LogP contribution in [0.2, 0.25) is 0 Å². The Hall–Kier alpha value is -4.27. The van der Waals surface area contributed by atoms with Gasteiger partial charge in [-0.05, 0) is 24.6 Å². The van der Waals surface area contributed by atoms with Crippen LogP contribution in [-0.2, 0) is 20.9 Å². The number of aromatic nitrogens is 2. The number of hydrogen-bond donors (Lipinski definition) is 1. The number of carbonyl (C=O) groups excluding carboxylic acids is 4. The summed E-state index contributed by atoms with van der Waals surface area (Å²) in [5.74, 6) is -2.20. The molecule has 1 aromatic heterocycles. The SMILES string of the molecule is Cc1cc(NC(=O)CN2C(=O)C(=O)N(Cc3ccccc3)C2=O)n(-c2ccccc2)n1. The van der Waals surface area contributed by atoms with Crippen LogP contribution >= 0.6 is 0 Å². The Bertz CT molecular complexity index is 1160. The van der Waals surface area contributed by atoms with Crippen molar-refractivity contribution in [2.24, 2.45) is 0 Å². The summed E-state index contributed by atoms with van der Waals surface area (Å²) in [7, 11) is 0. The van der Waals surface area contributed by atoms with E-state index >= 15 is 0 Å². The number of benzene rings is 2. The largest absolute Gasteiger partial charge is 0.335 e. The lowest BCUT2D eigenvalue weighted by atomic mass is 10.2. The number of imide groups is 2. The van der Waals surface area contributed by atoms with Gasteiger partial charge in [0.05, 0.1) is 17.9 Å². The van der Waals surface area contributed by atoms with Crippen LogP contribution in [0.1, 0.15) is 11.3 Å². The van der Waals surface area contributed by atoms with Crippen LogP contribution in [0.3, 0.4) is 0 Å². The highest BCUT2D eigenvalue weighted by Gasteiger charge is 2.45. The van der Waals surface area contributed by atoms with Gasteiger partial charge in [-0.2, -0.15) is 5.10 Å². The lowest BCUT2D eigenvalue weighted by molar-refractivity contribution is -0.143. The summed E-state index contributed by atoms with van der Waals surface area (Å²) in [6.07, 6.45) is 0. The quantitative estimate of drug-likeness (QED) is 0.489. The number of amides is 5. The zero-order chi connectivity index (χ0) is 22.0. The van der Waals surface area contributed by atoms with Crippen LogP contribution in [0.4, 0.5) is 10.6 Å². The van der Waals surface area contributed by atoms with Crippen molar-refractivity contribution in [2.75, 3.05) is 11.9 Å². The zero-order valence-corrected chi connectivity index (χ0v) is 16.7. The molecular formula is C22H19N5O4. The fourth-order valence-electron chi connectivity index (χ4n) is 3.28. The maximum Gasteiger partial charge on any atom is 0.335 e. The minimum absolute atomic E-state index is 0.0393. The van der Waals surface area contributed by atoms with Crippen molar-refractivity contribution in [1.29, 1.82) is 0 Å². The minimum Gasteiger partial charge on any atom is -0.309 e.